The molecule has 5 nitrogen and oxygen atoms in total. The maximum Gasteiger partial charge on any atom is 0.312 e. The van der Waals surface area contributed by atoms with Gasteiger partial charge in [0.15, 0.2) is 6.10 Å². The molecule has 0 aliphatic carbocycles. The molecule has 2 aromatic carbocycles. The van der Waals surface area contributed by atoms with Gasteiger partial charge in [-0.15, -0.1) is 0 Å². The van der Waals surface area contributed by atoms with Crippen molar-refractivity contribution in [1.82, 2.24) is 0 Å². The Bertz CT molecular complexity index is 891. The second-order valence-corrected chi connectivity index (χ2v) is 7.24. The molecule has 0 spiro atoms. The van der Waals surface area contributed by atoms with Crippen molar-refractivity contribution in [3.63, 3.8) is 0 Å². The van der Waals surface area contributed by atoms with Gasteiger partial charge in [-0.05, 0) is 43.5 Å². The van der Waals surface area contributed by atoms with E-state index in [0.717, 1.165) is 16.8 Å². The monoisotopic (exact) mass is 379 g/mol. The molecule has 0 radical (unpaired) electrons. The molecule has 1 aliphatic rings. The van der Waals surface area contributed by atoms with Crippen LogP contribution in [0.2, 0.25) is 0 Å². The van der Waals surface area contributed by atoms with E-state index in [4.69, 9.17) is 4.74 Å². The molecule has 1 aliphatic heterocycles. The van der Waals surface area contributed by atoms with Gasteiger partial charge in [0.05, 0.1) is 5.92 Å². The van der Waals surface area contributed by atoms with Crippen LogP contribution in [0.4, 0.5) is 5.69 Å². The summed E-state index contributed by atoms with van der Waals surface area (Å²) in [6.45, 7) is 6.09. The third-order valence-electron chi connectivity index (χ3n) is 5.24. The zero-order chi connectivity index (χ0) is 20.3. The van der Waals surface area contributed by atoms with E-state index in [-0.39, 0.29) is 24.7 Å². The number of rotatable bonds is 6. The number of anilines is 1. The minimum absolute atomic E-state index is 0.0989. The van der Waals surface area contributed by atoms with Crippen LogP contribution in [0.1, 0.15) is 41.3 Å². The Morgan fingerprint density at radius 1 is 1.11 bits per heavy atom. The molecule has 5 heteroatoms. The molecule has 146 valence electrons. The lowest BCUT2D eigenvalue weighted by atomic mass is 10.0. The fourth-order valence-electron chi connectivity index (χ4n) is 3.36. The van der Waals surface area contributed by atoms with Crippen LogP contribution in [-0.2, 0) is 14.3 Å². The van der Waals surface area contributed by atoms with Gasteiger partial charge in [-0.25, -0.2) is 0 Å². The fourth-order valence-corrected chi connectivity index (χ4v) is 3.36. The third kappa shape index (κ3) is 4.14. The van der Waals surface area contributed by atoms with E-state index >= 15 is 0 Å². The van der Waals surface area contributed by atoms with Crippen molar-refractivity contribution >= 4 is 23.3 Å². The highest BCUT2D eigenvalue weighted by molar-refractivity contribution is 6.02. The maximum atomic E-state index is 12.6. The number of ether oxygens (including phenoxy) is 1. The summed E-state index contributed by atoms with van der Waals surface area (Å²) in [5.41, 5.74) is 3.55. The van der Waals surface area contributed by atoms with Crippen molar-refractivity contribution in [1.29, 1.82) is 0 Å². The average molecular weight is 379 g/mol. The lowest BCUT2D eigenvalue weighted by Crippen LogP contribution is -2.31. The van der Waals surface area contributed by atoms with E-state index in [0.29, 0.717) is 12.0 Å². The Hall–Kier alpha value is -2.95. The normalized spacial score (nSPS) is 17.5. The first-order valence-electron chi connectivity index (χ1n) is 9.58. The number of Topliss-reactive ketones (excluding diaryl/α,β-unsaturated/α-hetero) is 1. The Balaban J connectivity index is 1.68. The highest BCUT2D eigenvalue weighted by Gasteiger charge is 2.37. The standard InChI is InChI=1S/C23H25NO4/c1-4-20(22(26)17-8-6-5-7-9-17)28-23(27)18-13-21(25)24(14-18)19-11-10-15(2)16(3)12-19/h5-12,18,20H,4,13-14H2,1-3H3/t18-,20-/m0/s1. The van der Waals surface area contributed by atoms with Gasteiger partial charge in [0, 0.05) is 24.2 Å². The van der Waals surface area contributed by atoms with E-state index in [1.807, 2.05) is 38.1 Å². The molecule has 2 aromatic rings. The van der Waals surface area contributed by atoms with Crippen LogP contribution in [-0.4, -0.2) is 30.3 Å². The van der Waals surface area contributed by atoms with Gasteiger partial charge in [-0.2, -0.15) is 0 Å². The first-order chi connectivity index (χ1) is 13.4. The maximum absolute atomic E-state index is 12.6. The molecule has 0 bridgehead atoms. The summed E-state index contributed by atoms with van der Waals surface area (Å²) in [4.78, 5) is 39.3. The number of benzene rings is 2. The Morgan fingerprint density at radius 2 is 1.82 bits per heavy atom. The van der Waals surface area contributed by atoms with Crippen molar-refractivity contribution in [3.05, 3.63) is 65.2 Å². The molecule has 28 heavy (non-hydrogen) atoms. The van der Waals surface area contributed by atoms with Crippen molar-refractivity contribution in [3.8, 4) is 0 Å². The molecule has 2 atom stereocenters. The summed E-state index contributed by atoms with van der Waals surface area (Å²) >= 11 is 0. The van der Waals surface area contributed by atoms with Gasteiger partial charge in [0.25, 0.3) is 0 Å². The molecular weight excluding hydrogens is 354 g/mol. The predicted molar refractivity (Wildman–Crippen MR) is 107 cm³/mol. The highest BCUT2D eigenvalue weighted by atomic mass is 16.5. The van der Waals surface area contributed by atoms with E-state index in [2.05, 4.69) is 0 Å². The van der Waals surface area contributed by atoms with E-state index < -0.39 is 18.0 Å². The third-order valence-corrected chi connectivity index (χ3v) is 5.24. The summed E-state index contributed by atoms with van der Waals surface area (Å²) in [5, 5.41) is 0. The number of nitrogens with zero attached hydrogens (tertiary/aromatic N) is 1. The molecule has 1 fully saturated rings. The van der Waals surface area contributed by atoms with Gasteiger partial charge >= 0.3 is 5.97 Å². The molecule has 1 amide bonds. The topological polar surface area (TPSA) is 63.7 Å². The van der Waals surface area contributed by atoms with Gasteiger partial charge in [0.1, 0.15) is 0 Å². The predicted octanol–water partition coefficient (Wildman–Crippen LogP) is 3.86. The summed E-state index contributed by atoms with van der Waals surface area (Å²) in [7, 11) is 0. The van der Waals surface area contributed by atoms with Crippen LogP contribution in [0.25, 0.3) is 0 Å². The largest absolute Gasteiger partial charge is 0.454 e. The second-order valence-electron chi connectivity index (χ2n) is 7.24. The summed E-state index contributed by atoms with van der Waals surface area (Å²) in [6, 6.07) is 14.6. The minimum Gasteiger partial charge on any atom is -0.454 e. The Labute approximate surface area is 165 Å². The smallest absolute Gasteiger partial charge is 0.312 e. The quantitative estimate of drug-likeness (QED) is 0.565. The molecule has 1 saturated heterocycles. The molecule has 0 saturated carbocycles. The molecule has 0 aromatic heterocycles. The van der Waals surface area contributed by atoms with Crippen LogP contribution < -0.4 is 4.90 Å². The molecular formula is C23H25NO4. The molecule has 1 heterocycles. The van der Waals surface area contributed by atoms with Gasteiger partial charge in [0.2, 0.25) is 11.7 Å². The number of esters is 1. The first-order valence-corrected chi connectivity index (χ1v) is 9.58. The highest BCUT2D eigenvalue weighted by Crippen LogP contribution is 2.28. The van der Waals surface area contributed by atoms with Crippen LogP contribution in [0, 0.1) is 19.8 Å². The molecule has 3 rings (SSSR count). The number of aryl methyl sites for hydroxylation is 2. The Morgan fingerprint density at radius 3 is 2.46 bits per heavy atom. The van der Waals surface area contributed by atoms with Crippen LogP contribution in [0.3, 0.4) is 0 Å². The number of hydrogen-bond donors (Lipinski definition) is 0. The van der Waals surface area contributed by atoms with Crippen molar-refractivity contribution in [2.24, 2.45) is 5.92 Å². The van der Waals surface area contributed by atoms with Crippen LogP contribution in [0.15, 0.2) is 48.5 Å². The molecule has 0 unspecified atom stereocenters. The molecule has 0 N–H and O–H groups in total. The van der Waals surface area contributed by atoms with Crippen LogP contribution in [0.5, 0.6) is 0 Å². The summed E-state index contributed by atoms with van der Waals surface area (Å²) in [5.74, 6) is -1.37. The lowest BCUT2D eigenvalue weighted by Gasteiger charge is -2.19. The van der Waals surface area contributed by atoms with Gasteiger partial charge in [-0.3, -0.25) is 14.4 Å². The summed E-state index contributed by atoms with van der Waals surface area (Å²) < 4.78 is 5.51. The minimum atomic E-state index is -0.833. The number of carbonyl (C=O) groups excluding carboxylic acids is 3. The van der Waals surface area contributed by atoms with Gasteiger partial charge < -0.3 is 9.64 Å². The SMILES string of the molecule is CC[C@H](OC(=O)[C@H]1CC(=O)N(c2ccc(C)c(C)c2)C1)C(=O)c1ccccc1. The average Bonchev–Trinajstić information content (AvgIpc) is 3.10. The van der Waals surface area contributed by atoms with Gasteiger partial charge in [-0.1, -0.05) is 43.3 Å². The van der Waals surface area contributed by atoms with E-state index in [9.17, 15) is 14.4 Å². The van der Waals surface area contributed by atoms with E-state index in [1.165, 1.54) is 0 Å². The van der Waals surface area contributed by atoms with Crippen molar-refractivity contribution < 1.29 is 19.1 Å². The number of hydrogen-bond acceptors (Lipinski definition) is 4. The van der Waals surface area contributed by atoms with Crippen molar-refractivity contribution in [2.45, 2.75) is 39.7 Å². The number of carbonyl (C=O) groups is 3. The second kappa shape index (κ2) is 8.38. The Kier molecular flexibility index (Phi) is 5.93. The fraction of sp³-hybridized carbons (Fsp3) is 0.348. The van der Waals surface area contributed by atoms with Crippen molar-refractivity contribution in [2.75, 3.05) is 11.4 Å². The van der Waals surface area contributed by atoms with Crippen LogP contribution >= 0.6 is 0 Å². The lowest BCUT2D eigenvalue weighted by molar-refractivity contribution is -0.151. The van der Waals surface area contributed by atoms with E-state index in [1.54, 1.807) is 36.1 Å². The summed E-state index contributed by atoms with van der Waals surface area (Å²) in [6.07, 6.45) is -0.344. The first kappa shape index (κ1) is 19.8. The number of amides is 1. The number of ketones is 1. The zero-order valence-electron chi connectivity index (χ0n) is 16.5. The zero-order valence-corrected chi connectivity index (χ0v) is 16.5.